The van der Waals surface area contributed by atoms with Gasteiger partial charge in [0.25, 0.3) is 0 Å². The predicted octanol–water partition coefficient (Wildman–Crippen LogP) is 0.454. The minimum atomic E-state index is -0.316. The fourth-order valence-electron chi connectivity index (χ4n) is 0.843. The molecule has 0 radical (unpaired) electrons. The molecule has 13 heavy (non-hydrogen) atoms. The molecule has 1 heterocycles. The fraction of sp³-hybridized carbons (Fsp3) is 0.286. The zero-order valence-corrected chi connectivity index (χ0v) is 7.16. The van der Waals surface area contributed by atoms with Gasteiger partial charge >= 0.3 is 0 Å². The Labute approximate surface area is 73.8 Å². The average molecular weight is 184 g/mol. The molecule has 1 aromatic heterocycles. The Morgan fingerprint density at radius 3 is 2.85 bits per heavy atom. The van der Waals surface area contributed by atoms with Crippen LogP contribution in [-0.4, -0.2) is 24.5 Å². The molecule has 0 aliphatic heterocycles. The summed E-state index contributed by atoms with van der Waals surface area (Å²) in [4.78, 5) is 21.0. The number of nitrogens with one attached hydrogen (secondary N) is 1. The molecule has 0 saturated heterocycles. The van der Waals surface area contributed by atoms with E-state index in [1.807, 2.05) is 0 Å². The van der Waals surface area contributed by atoms with Crippen molar-refractivity contribution in [3.8, 4) is 5.75 Å². The summed E-state index contributed by atoms with van der Waals surface area (Å²) in [7, 11) is 1.36. The summed E-state index contributed by atoms with van der Waals surface area (Å²) in [6.07, 6.45) is 0.421. The second-order valence-electron chi connectivity index (χ2n) is 2.21. The summed E-state index contributed by atoms with van der Waals surface area (Å²) in [6, 6.07) is 0. The molecular formula is C7H8N2O4. The van der Waals surface area contributed by atoms with Crippen molar-refractivity contribution in [3.05, 3.63) is 5.76 Å². The second kappa shape index (κ2) is 3.70. The smallest absolute Gasteiger partial charge is 0.246 e. The van der Waals surface area contributed by atoms with E-state index in [1.165, 1.54) is 14.0 Å². The molecule has 70 valence electrons. The van der Waals surface area contributed by atoms with E-state index in [-0.39, 0.29) is 23.1 Å². The van der Waals surface area contributed by atoms with Gasteiger partial charge in [0.05, 0.1) is 7.11 Å². The lowest BCUT2D eigenvalue weighted by Crippen LogP contribution is -1.98. The first kappa shape index (κ1) is 9.24. The van der Waals surface area contributed by atoms with E-state index in [2.05, 4.69) is 15.0 Å². The number of Topliss-reactive ketones (excluding diaryl/α,β-unsaturated/α-hetero) is 1. The molecule has 0 saturated carbocycles. The van der Waals surface area contributed by atoms with Gasteiger partial charge in [-0.1, -0.05) is 5.16 Å². The van der Waals surface area contributed by atoms with Crippen molar-refractivity contribution in [3.63, 3.8) is 0 Å². The molecule has 1 amide bonds. The van der Waals surface area contributed by atoms with Gasteiger partial charge in [0.15, 0.2) is 0 Å². The van der Waals surface area contributed by atoms with Crippen LogP contribution in [0.25, 0.3) is 0 Å². The molecule has 0 unspecified atom stereocenters. The van der Waals surface area contributed by atoms with Gasteiger partial charge in [0.2, 0.25) is 29.5 Å². The van der Waals surface area contributed by atoms with Gasteiger partial charge in [-0.2, -0.15) is 0 Å². The van der Waals surface area contributed by atoms with Crippen LogP contribution in [0, 0.1) is 0 Å². The summed E-state index contributed by atoms with van der Waals surface area (Å²) in [5.74, 6) is -0.0857. The molecule has 6 heteroatoms. The van der Waals surface area contributed by atoms with Crippen molar-refractivity contribution < 1.29 is 18.8 Å². The van der Waals surface area contributed by atoms with Gasteiger partial charge in [-0.3, -0.25) is 9.59 Å². The zero-order chi connectivity index (χ0) is 9.84. The number of hydrogen-bond donors (Lipinski definition) is 1. The third-order valence-electron chi connectivity index (χ3n) is 1.37. The van der Waals surface area contributed by atoms with E-state index in [9.17, 15) is 9.59 Å². The van der Waals surface area contributed by atoms with Crippen LogP contribution in [0.5, 0.6) is 5.75 Å². The normalized spacial score (nSPS) is 9.38. The van der Waals surface area contributed by atoms with Crippen LogP contribution < -0.4 is 10.1 Å². The summed E-state index contributed by atoms with van der Waals surface area (Å²) in [6.45, 7) is 1.31. The first-order chi connectivity index (χ1) is 6.20. The summed E-state index contributed by atoms with van der Waals surface area (Å²) in [5, 5.41) is 5.67. The highest BCUT2D eigenvalue weighted by molar-refractivity contribution is 5.96. The van der Waals surface area contributed by atoms with Crippen LogP contribution in [0.3, 0.4) is 0 Å². The number of carbonyl (C=O) groups is 2. The molecule has 0 aromatic carbocycles. The van der Waals surface area contributed by atoms with Crippen molar-refractivity contribution in [2.24, 2.45) is 0 Å². The Morgan fingerprint density at radius 2 is 2.38 bits per heavy atom. The molecule has 0 fully saturated rings. The van der Waals surface area contributed by atoms with E-state index in [1.54, 1.807) is 0 Å². The molecule has 0 aliphatic rings. The summed E-state index contributed by atoms with van der Waals surface area (Å²) in [5.41, 5.74) is 0. The van der Waals surface area contributed by atoms with E-state index in [4.69, 9.17) is 4.74 Å². The van der Waals surface area contributed by atoms with Crippen LogP contribution in [-0.2, 0) is 4.79 Å². The van der Waals surface area contributed by atoms with Crippen LogP contribution in [0.2, 0.25) is 0 Å². The van der Waals surface area contributed by atoms with E-state index >= 15 is 0 Å². The van der Waals surface area contributed by atoms with E-state index in [0.29, 0.717) is 6.41 Å². The lowest BCUT2D eigenvalue weighted by Gasteiger charge is -1.97. The number of ketones is 1. The van der Waals surface area contributed by atoms with Gasteiger partial charge < -0.3 is 14.6 Å². The molecule has 0 bridgehead atoms. The predicted molar refractivity (Wildman–Crippen MR) is 42.7 cm³/mol. The molecule has 0 spiro atoms. The SMILES string of the molecule is COc1c(NC=O)noc1C(C)=O. The maximum absolute atomic E-state index is 10.9. The van der Waals surface area contributed by atoms with Gasteiger partial charge in [0.1, 0.15) is 0 Å². The number of rotatable bonds is 4. The third-order valence-corrected chi connectivity index (χ3v) is 1.37. The minimum absolute atomic E-state index is 0.00755. The third kappa shape index (κ3) is 1.66. The molecule has 1 aromatic rings. The highest BCUT2D eigenvalue weighted by Crippen LogP contribution is 2.27. The van der Waals surface area contributed by atoms with Crippen LogP contribution in [0.4, 0.5) is 5.82 Å². The Balaban J connectivity index is 3.09. The van der Waals surface area contributed by atoms with Gasteiger partial charge in [-0.05, 0) is 0 Å². The van der Waals surface area contributed by atoms with Gasteiger partial charge in [0, 0.05) is 6.92 Å². The standard InChI is InChI=1S/C7H8N2O4/c1-4(11)5-6(12-2)7(8-3-10)9-13-5/h3H,1-2H3,(H,8,9,10). The Morgan fingerprint density at radius 1 is 1.69 bits per heavy atom. The number of ether oxygens (including phenoxy) is 1. The Kier molecular flexibility index (Phi) is 2.63. The highest BCUT2D eigenvalue weighted by atomic mass is 16.5. The topological polar surface area (TPSA) is 81.4 Å². The Bertz CT molecular complexity index is 331. The largest absolute Gasteiger partial charge is 0.489 e. The number of methoxy groups -OCH3 is 1. The number of carbonyl (C=O) groups excluding carboxylic acids is 2. The Hall–Kier alpha value is -1.85. The zero-order valence-electron chi connectivity index (χ0n) is 7.16. The quantitative estimate of drug-likeness (QED) is 0.542. The lowest BCUT2D eigenvalue weighted by molar-refractivity contribution is -0.105. The first-order valence-corrected chi connectivity index (χ1v) is 3.45. The monoisotopic (exact) mass is 184 g/mol. The summed E-state index contributed by atoms with van der Waals surface area (Å²) >= 11 is 0. The highest BCUT2D eigenvalue weighted by Gasteiger charge is 2.19. The van der Waals surface area contributed by atoms with Crippen molar-refractivity contribution in [1.82, 2.24) is 5.16 Å². The van der Waals surface area contributed by atoms with Gasteiger partial charge in [-0.25, -0.2) is 0 Å². The second-order valence-corrected chi connectivity index (χ2v) is 2.21. The van der Waals surface area contributed by atoms with Crippen molar-refractivity contribution >= 4 is 18.0 Å². The molecule has 0 aliphatic carbocycles. The molecule has 6 nitrogen and oxygen atoms in total. The maximum Gasteiger partial charge on any atom is 0.246 e. The first-order valence-electron chi connectivity index (χ1n) is 3.45. The average Bonchev–Trinajstić information content (AvgIpc) is 2.48. The lowest BCUT2D eigenvalue weighted by atomic mass is 10.3. The van der Waals surface area contributed by atoms with Gasteiger partial charge in [-0.15, -0.1) is 0 Å². The van der Waals surface area contributed by atoms with Crippen LogP contribution >= 0.6 is 0 Å². The van der Waals surface area contributed by atoms with E-state index < -0.39 is 0 Å². The number of nitrogens with zero attached hydrogens (tertiary/aromatic N) is 1. The minimum Gasteiger partial charge on any atom is -0.489 e. The number of amides is 1. The number of aromatic nitrogens is 1. The number of hydrogen-bond acceptors (Lipinski definition) is 5. The van der Waals surface area contributed by atoms with E-state index in [0.717, 1.165) is 0 Å². The fourth-order valence-corrected chi connectivity index (χ4v) is 0.843. The van der Waals surface area contributed by atoms with Crippen LogP contribution in [0.15, 0.2) is 4.52 Å². The van der Waals surface area contributed by atoms with Crippen LogP contribution in [0.1, 0.15) is 17.5 Å². The summed E-state index contributed by atoms with van der Waals surface area (Å²) < 4.78 is 9.49. The van der Waals surface area contributed by atoms with Crippen molar-refractivity contribution in [2.45, 2.75) is 6.92 Å². The number of anilines is 1. The molecule has 1 rings (SSSR count). The maximum atomic E-state index is 10.9. The van der Waals surface area contributed by atoms with Crippen molar-refractivity contribution in [2.75, 3.05) is 12.4 Å². The molecule has 0 atom stereocenters. The molecular weight excluding hydrogens is 176 g/mol. The van der Waals surface area contributed by atoms with Crippen molar-refractivity contribution in [1.29, 1.82) is 0 Å². The molecule has 1 N–H and O–H groups in total.